The zero-order valence-electron chi connectivity index (χ0n) is 9.15. The fourth-order valence-corrected chi connectivity index (χ4v) is 1.52. The smallest absolute Gasteiger partial charge is 0.0403 e. The van der Waals surface area contributed by atoms with Gasteiger partial charge in [-0.2, -0.15) is 0 Å². The molecular formula is C12H18N2. The molecule has 0 heterocycles. The highest BCUT2D eigenvalue weighted by Crippen LogP contribution is 2.23. The predicted molar refractivity (Wildman–Crippen MR) is 63.6 cm³/mol. The summed E-state index contributed by atoms with van der Waals surface area (Å²) >= 11 is 0. The standard InChI is InChI=1S/C12H18N2/c1-8(2)7-14-12-9(3)5-11(13)6-10(12)4/h5-6,14H,1,7,13H2,2-4H3. The normalized spacial score (nSPS) is 9.93. The summed E-state index contributed by atoms with van der Waals surface area (Å²) in [5, 5.41) is 3.35. The van der Waals surface area contributed by atoms with Gasteiger partial charge in [-0.1, -0.05) is 12.2 Å². The van der Waals surface area contributed by atoms with E-state index >= 15 is 0 Å². The van der Waals surface area contributed by atoms with Gasteiger partial charge in [0.15, 0.2) is 0 Å². The van der Waals surface area contributed by atoms with Crippen molar-refractivity contribution in [3.8, 4) is 0 Å². The molecule has 3 N–H and O–H groups in total. The molecule has 1 rings (SSSR count). The molecule has 0 fully saturated rings. The predicted octanol–water partition coefficient (Wildman–Crippen LogP) is 2.87. The lowest BCUT2D eigenvalue weighted by molar-refractivity contribution is 1.19. The Morgan fingerprint density at radius 1 is 1.36 bits per heavy atom. The van der Waals surface area contributed by atoms with Crippen molar-refractivity contribution in [2.45, 2.75) is 20.8 Å². The molecule has 1 aromatic rings. The molecule has 2 nitrogen and oxygen atoms in total. The highest BCUT2D eigenvalue weighted by atomic mass is 14.9. The number of anilines is 2. The van der Waals surface area contributed by atoms with E-state index in [1.807, 2.05) is 19.1 Å². The first-order valence-electron chi connectivity index (χ1n) is 4.75. The molecule has 1 aromatic carbocycles. The minimum absolute atomic E-state index is 0.811. The molecule has 0 aliphatic carbocycles. The van der Waals surface area contributed by atoms with Crippen LogP contribution in [0.25, 0.3) is 0 Å². The van der Waals surface area contributed by atoms with Crippen molar-refractivity contribution in [3.63, 3.8) is 0 Å². The van der Waals surface area contributed by atoms with Crippen LogP contribution in [-0.2, 0) is 0 Å². The Morgan fingerprint density at radius 2 is 1.86 bits per heavy atom. The van der Waals surface area contributed by atoms with Gasteiger partial charge in [0.2, 0.25) is 0 Å². The van der Waals surface area contributed by atoms with Gasteiger partial charge < -0.3 is 11.1 Å². The third kappa shape index (κ3) is 2.52. The van der Waals surface area contributed by atoms with Crippen LogP contribution in [0.2, 0.25) is 0 Å². The Bertz CT molecular complexity index is 330. The lowest BCUT2D eigenvalue weighted by Crippen LogP contribution is -2.05. The van der Waals surface area contributed by atoms with Crippen molar-refractivity contribution in [1.82, 2.24) is 0 Å². The molecule has 0 saturated carbocycles. The number of aryl methyl sites for hydroxylation is 2. The zero-order chi connectivity index (χ0) is 10.7. The van der Waals surface area contributed by atoms with E-state index in [2.05, 4.69) is 25.7 Å². The first-order valence-corrected chi connectivity index (χ1v) is 4.75. The van der Waals surface area contributed by atoms with E-state index < -0.39 is 0 Å². The van der Waals surface area contributed by atoms with Crippen LogP contribution in [-0.4, -0.2) is 6.54 Å². The molecule has 0 spiro atoms. The average Bonchev–Trinajstić information content (AvgIpc) is 2.01. The molecule has 14 heavy (non-hydrogen) atoms. The Labute approximate surface area is 85.8 Å². The summed E-state index contributed by atoms with van der Waals surface area (Å²) in [4.78, 5) is 0. The van der Waals surface area contributed by atoms with Crippen LogP contribution in [0, 0.1) is 13.8 Å². The summed E-state index contributed by atoms with van der Waals surface area (Å²) in [5.41, 5.74) is 11.2. The van der Waals surface area contributed by atoms with E-state index in [4.69, 9.17) is 5.73 Å². The van der Waals surface area contributed by atoms with Crippen molar-refractivity contribution in [1.29, 1.82) is 0 Å². The molecule has 0 atom stereocenters. The van der Waals surface area contributed by atoms with Gasteiger partial charge >= 0.3 is 0 Å². The second kappa shape index (κ2) is 4.18. The maximum absolute atomic E-state index is 5.74. The van der Waals surface area contributed by atoms with Crippen molar-refractivity contribution in [2.24, 2.45) is 0 Å². The van der Waals surface area contributed by atoms with Gasteiger partial charge in [0.05, 0.1) is 0 Å². The molecule has 0 radical (unpaired) electrons. The quantitative estimate of drug-likeness (QED) is 0.568. The maximum atomic E-state index is 5.74. The molecule has 0 aliphatic rings. The summed E-state index contributed by atoms with van der Waals surface area (Å²) in [6, 6.07) is 3.96. The fourth-order valence-electron chi connectivity index (χ4n) is 1.52. The minimum atomic E-state index is 0.811. The number of hydrogen-bond acceptors (Lipinski definition) is 2. The van der Waals surface area contributed by atoms with Crippen LogP contribution in [0.1, 0.15) is 18.1 Å². The monoisotopic (exact) mass is 190 g/mol. The molecule has 0 bridgehead atoms. The third-order valence-electron chi connectivity index (χ3n) is 2.12. The van der Waals surface area contributed by atoms with Gasteiger partial charge in [0.25, 0.3) is 0 Å². The first-order chi connectivity index (χ1) is 6.50. The number of nitrogens with one attached hydrogen (secondary N) is 1. The van der Waals surface area contributed by atoms with Gasteiger partial charge in [-0.15, -0.1) is 0 Å². The lowest BCUT2D eigenvalue weighted by atomic mass is 10.1. The van der Waals surface area contributed by atoms with Gasteiger partial charge in [-0.05, 0) is 44.0 Å². The lowest BCUT2D eigenvalue weighted by Gasteiger charge is -2.13. The van der Waals surface area contributed by atoms with Crippen molar-refractivity contribution < 1.29 is 0 Å². The van der Waals surface area contributed by atoms with E-state index in [-0.39, 0.29) is 0 Å². The van der Waals surface area contributed by atoms with Gasteiger partial charge in [-0.3, -0.25) is 0 Å². The SMILES string of the molecule is C=C(C)CNc1c(C)cc(N)cc1C. The summed E-state index contributed by atoms with van der Waals surface area (Å²) in [6.07, 6.45) is 0. The molecule has 0 unspecified atom stereocenters. The number of hydrogen-bond donors (Lipinski definition) is 2. The second-order valence-corrected chi connectivity index (χ2v) is 3.84. The van der Waals surface area contributed by atoms with Crippen LogP contribution in [0.15, 0.2) is 24.3 Å². The van der Waals surface area contributed by atoms with E-state index in [0.717, 1.165) is 17.8 Å². The second-order valence-electron chi connectivity index (χ2n) is 3.84. The minimum Gasteiger partial charge on any atom is -0.399 e. The topological polar surface area (TPSA) is 38.0 Å². The summed E-state index contributed by atoms with van der Waals surface area (Å²) < 4.78 is 0. The highest BCUT2D eigenvalue weighted by Gasteiger charge is 2.02. The highest BCUT2D eigenvalue weighted by molar-refractivity contribution is 5.63. The van der Waals surface area contributed by atoms with Gasteiger partial charge in [0, 0.05) is 17.9 Å². The molecule has 0 aromatic heterocycles. The van der Waals surface area contributed by atoms with Crippen LogP contribution in [0.3, 0.4) is 0 Å². The number of nitrogens with two attached hydrogens (primary N) is 1. The summed E-state index contributed by atoms with van der Waals surface area (Å²) in [6.45, 7) is 10.8. The molecular weight excluding hydrogens is 172 g/mol. The van der Waals surface area contributed by atoms with E-state index in [1.54, 1.807) is 0 Å². The Balaban J connectivity index is 2.91. The Hall–Kier alpha value is -1.44. The number of benzene rings is 1. The van der Waals surface area contributed by atoms with Crippen molar-refractivity contribution in [2.75, 3.05) is 17.6 Å². The number of rotatable bonds is 3. The first kappa shape index (κ1) is 10.6. The van der Waals surface area contributed by atoms with Gasteiger partial charge in [0.1, 0.15) is 0 Å². The molecule has 0 amide bonds. The van der Waals surface area contributed by atoms with E-state index in [1.165, 1.54) is 16.8 Å². The molecule has 0 aliphatic heterocycles. The summed E-state index contributed by atoms with van der Waals surface area (Å²) in [7, 11) is 0. The largest absolute Gasteiger partial charge is 0.399 e. The Morgan fingerprint density at radius 3 is 2.29 bits per heavy atom. The van der Waals surface area contributed by atoms with Crippen LogP contribution in [0.4, 0.5) is 11.4 Å². The van der Waals surface area contributed by atoms with Crippen LogP contribution < -0.4 is 11.1 Å². The van der Waals surface area contributed by atoms with E-state index in [0.29, 0.717) is 0 Å². The molecule has 76 valence electrons. The van der Waals surface area contributed by atoms with Crippen molar-refractivity contribution in [3.05, 3.63) is 35.4 Å². The van der Waals surface area contributed by atoms with Crippen LogP contribution >= 0.6 is 0 Å². The zero-order valence-corrected chi connectivity index (χ0v) is 9.15. The van der Waals surface area contributed by atoms with Gasteiger partial charge in [-0.25, -0.2) is 0 Å². The van der Waals surface area contributed by atoms with Crippen molar-refractivity contribution >= 4 is 11.4 Å². The molecule has 2 heteroatoms. The van der Waals surface area contributed by atoms with E-state index in [9.17, 15) is 0 Å². The maximum Gasteiger partial charge on any atom is 0.0403 e. The fraction of sp³-hybridized carbons (Fsp3) is 0.333. The molecule has 0 saturated heterocycles. The third-order valence-corrected chi connectivity index (χ3v) is 2.12. The van der Waals surface area contributed by atoms with Crippen LogP contribution in [0.5, 0.6) is 0 Å². The average molecular weight is 190 g/mol. The summed E-state index contributed by atoms with van der Waals surface area (Å²) in [5.74, 6) is 0. The Kier molecular flexibility index (Phi) is 3.18. The number of nitrogen functional groups attached to an aromatic ring is 1.